The third-order valence-electron chi connectivity index (χ3n) is 17.6. The van der Waals surface area contributed by atoms with E-state index in [9.17, 15) is 38.7 Å². The van der Waals surface area contributed by atoms with Crippen LogP contribution in [0.4, 0.5) is 55.1 Å². The number of alkyl carbamates (subject to hydrolysis) is 1. The molecule has 654 valence electrons. The van der Waals surface area contributed by atoms with Crippen molar-refractivity contribution in [2.24, 2.45) is 0 Å². The first kappa shape index (κ1) is 103. The number of anilines is 8. The first-order chi connectivity index (χ1) is 58.4. The van der Waals surface area contributed by atoms with Gasteiger partial charge in [0.05, 0.1) is 62.0 Å². The largest absolute Gasteiger partial charge is 0.508 e. The molecule has 0 saturated carbocycles. The van der Waals surface area contributed by atoms with Gasteiger partial charge in [0, 0.05) is 114 Å². The van der Waals surface area contributed by atoms with Gasteiger partial charge in [0.2, 0.25) is 11.8 Å². The molecular weight excluding hydrogens is 1620 g/mol. The van der Waals surface area contributed by atoms with Gasteiger partial charge < -0.3 is 99.0 Å². The van der Waals surface area contributed by atoms with Crippen LogP contribution in [-0.2, 0) is 83.7 Å². The number of nitrogen functional groups attached to an aromatic ring is 5. The highest BCUT2D eigenvalue weighted by molar-refractivity contribution is 9.10. The number of hydrogen-bond donors (Lipinski definition) is 13. The number of para-hydroxylation sites is 4. The molecule has 5 amide bonds. The number of aromatic hydroxyl groups is 1. The number of nitrogens with two attached hydrogens (primary N) is 5. The summed E-state index contributed by atoms with van der Waals surface area (Å²) in [5.41, 5.74) is 42.7. The molecule has 0 spiro atoms. The van der Waals surface area contributed by atoms with Crippen LogP contribution >= 0.6 is 15.9 Å². The van der Waals surface area contributed by atoms with Gasteiger partial charge in [0.25, 0.3) is 5.91 Å². The molecule has 27 nitrogen and oxygen atoms in total. The Balaban J connectivity index is 0.000000370. The molecule has 0 aliphatic rings. The Hall–Kier alpha value is -13.5. The molecule has 1 atom stereocenters. The molecule has 0 aliphatic heterocycles. The van der Waals surface area contributed by atoms with Crippen molar-refractivity contribution in [2.75, 3.05) is 107 Å². The maximum Gasteiger partial charge on any atom is 0.409 e. The molecular formula is C94H122BrN13O14. The number of methoxy groups -OCH3 is 6. The van der Waals surface area contributed by atoms with Gasteiger partial charge in [-0.2, -0.15) is 0 Å². The molecule has 0 unspecified atom stereocenters. The Bertz CT molecular complexity index is 4720. The normalized spacial score (nSPS) is 10.1. The highest BCUT2D eigenvalue weighted by Gasteiger charge is 2.20. The molecule has 0 fully saturated rings. The van der Waals surface area contributed by atoms with E-state index in [1.54, 1.807) is 67.7 Å². The summed E-state index contributed by atoms with van der Waals surface area (Å²) in [6, 6.07) is 74.6. The maximum absolute atomic E-state index is 12.1. The maximum atomic E-state index is 12.1. The quantitative estimate of drug-likeness (QED) is 0.00612. The predicted octanol–water partition coefficient (Wildman–Crippen LogP) is 16.3. The molecule has 0 saturated heterocycles. The topological polar surface area (TPSA) is 413 Å². The van der Waals surface area contributed by atoms with Crippen molar-refractivity contribution in [1.82, 2.24) is 26.2 Å². The van der Waals surface area contributed by atoms with Crippen molar-refractivity contribution in [1.29, 1.82) is 0 Å². The van der Waals surface area contributed by atoms with Crippen LogP contribution in [0.25, 0.3) is 0 Å². The second-order valence-corrected chi connectivity index (χ2v) is 27.6. The Morgan fingerprint density at radius 2 is 1.00 bits per heavy atom. The molecule has 10 aromatic carbocycles. The standard InChI is InChI=1S/C17H20N2O3.C16H16N2O3.2C14H16N2O.C12H17BrN2O.C12H18N2O2.C8H15NO3.CH4/c1-22-17(21)16(9-12-5-3-2-4-6-12)19-11-13-10-14(20)7-8-15(13)18;1-21-16(20)17-11-13-9-5-6-10-14(13)18-15(19)12-7-3-2-4-8-12;1-17-13-7-4-6-12(9-13)16-10-11-5-2-3-8-14(11)15;1-17-13-8-6-12(7-9-13)16-10-11-4-2-3-5-14(11)15;1-2-3-6-15-12(16)8-9-7-10(13)4-5-11(9)14;1-3-8-14(12(15)16-2)9-10-6-4-5-7-11(10)13;1-3-4-7(10)9-6-5-8(11)12-2;/h2-8,10,16,19-20H,9,11,18H2,1H3;2-10H,11H2,1H3,(H,17,20)(H,18,19);2*2-9,16H,10,15H2,1H3;4-5,7H,2-3,6,8,14H2,1H3,(H,15,16);4-7H,3,8-9,13H2,1-2H3;3-6H2,1-2H3,(H,9,10);1H4/t16-;;;;;;;/m0......./s1. The molecule has 0 radical (unpaired) electrons. The fourth-order valence-electron chi connectivity index (χ4n) is 10.9. The van der Waals surface area contributed by atoms with Gasteiger partial charge in [-0.1, -0.05) is 178 Å². The Labute approximate surface area is 726 Å². The Kier molecular flexibility index (Phi) is 50.6. The lowest BCUT2D eigenvalue weighted by Gasteiger charge is -2.21. The van der Waals surface area contributed by atoms with Crippen LogP contribution in [0, 0.1) is 0 Å². The fourth-order valence-corrected chi connectivity index (χ4v) is 11.3. The van der Waals surface area contributed by atoms with Crippen LogP contribution in [0.15, 0.2) is 247 Å². The second kappa shape index (κ2) is 60.1. The fraction of sp³-hybridized carbons (Fsp3) is 0.287. The number of halogens is 1. The predicted molar refractivity (Wildman–Crippen MR) is 493 cm³/mol. The summed E-state index contributed by atoms with van der Waals surface area (Å²) in [5.74, 6) is 1.03. The van der Waals surface area contributed by atoms with E-state index in [0.717, 1.165) is 116 Å². The SMILES string of the molecule is C.CCCC(=O)NCCC(=O)OC.CCCCNC(=O)Cc1cc(Br)ccc1N.CCCN(Cc1ccccc1N)C(=O)OC.COC(=O)NCc1ccccc1NC(=O)c1ccccc1.COC(=O)[C@H](Cc1ccccc1)NCc1cc(O)ccc1N.COc1ccc(NCc2ccccc2N)cc1.COc1cccc(NCc2ccccc2N)c1. The number of nitrogens with one attached hydrogen (secondary N) is 7. The zero-order valence-corrected chi connectivity index (χ0v) is 72.0. The summed E-state index contributed by atoms with van der Waals surface area (Å²) in [4.78, 5) is 81.3. The zero-order chi connectivity index (χ0) is 88.5. The molecule has 0 bridgehead atoms. The van der Waals surface area contributed by atoms with Crippen molar-refractivity contribution in [3.8, 4) is 17.2 Å². The van der Waals surface area contributed by atoms with Crippen LogP contribution in [0.2, 0.25) is 0 Å². The van der Waals surface area contributed by atoms with Gasteiger partial charge >= 0.3 is 24.1 Å². The average molecular weight is 1740 g/mol. The molecule has 0 aliphatic carbocycles. The van der Waals surface area contributed by atoms with Crippen LogP contribution < -0.4 is 75.4 Å². The van der Waals surface area contributed by atoms with Crippen LogP contribution in [0.5, 0.6) is 17.2 Å². The minimum absolute atomic E-state index is 0. The molecule has 0 aromatic heterocycles. The summed E-state index contributed by atoms with van der Waals surface area (Å²) in [5, 5.41) is 30.2. The number of phenols is 1. The summed E-state index contributed by atoms with van der Waals surface area (Å²) in [6.07, 6.45) is 4.60. The molecule has 28 heteroatoms. The number of carbonyl (C=O) groups excluding carboxylic acids is 7. The molecule has 0 heterocycles. The van der Waals surface area contributed by atoms with Crippen molar-refractivity contribution in [3.63, 3.8) is 0 Å². The number of benzene rings is 10. The summed E-state index contributed by atoms with van der Waals surface area (Å²) in [7, 11) is 8.71. The first-order valence-corrected chi connectivity index (χ1v) is 40.1. The number of nitrogens with zero attached hydrogens (tertiary/aromatic N) is 1. The van der Waals surface area contributed by atoms with Gasteiger partial charge in [0.15, 0.2) is 0 Å². The molecule has 10 aromatic rings. The summed E-state index contributed by atoms with van der Waals surface area (Å²) in [6.45, 7) is 10.4. The van der Waals surface area contributed by atoms with E-state index >= 15 is 0 Å². The second-order valence-electron chi connectivity index (χ2n) is 26.7. The zero-order valence-electron chi connectivity index (χ0n) is 70.5. The number of esters is 2. The lowest BCUT2D eigenvalue weighted by molar-refractivity contribution is -0.143. The lowest BCUT2D eigenvalue weighted by Crippen LogP contribution is -2.39. The Morgan fingerprint density at radius 1 is 0.451 bits per heavy atom. The van der Waals surface area contributed by atoms with Gasteiger partial charge in [-0.3, -0.25) is 29.3 Å². The highest BCUT2D eigenvalue weighted by atomic mass is 79.9. The van der Waals surface area contributed by atoms with E-state index in [-0.39, 0.29) is 61.9 Å². The number of hydrogen-bond acceptors (Lipinski definition) is 22. The molecule has 122 heavy (non-hydrogen) atoms. The van der Waals surface area contributed by atoms with Crippen molar-refractivity contribution in [3.05, 3.63) is 292 Å². The number of carbonyl (C=O) groups is 7. The third kappa shape index (κ3) is 41.3. The summed E-state index contributed by atoms with van der Waals surface area (Å²) < 4.78 is 29.7. The average Bonchev–Trinajstić information content (AvgIpc) is 0.844. The van der Waals surface area contributed by atoms with E-state index in [1.807, 2.05) is 202 Å². The molecule has 18 N–H and O–H groups in total. The first-order valence-electron chi connectivity index (χ1n) is 39.3. The van der Waals surface area contributed by atoms with E-state index < -0.39 is 12.1 Å². The lowest BCUT2D eigenvalue weighted by atomic mass is 10.1. The van der Waals surface area contributed by atoms with E-state index in [2.05, 4.69) is 69.5 Å². The number of unbranched alkanes of at least 4 members (excludes halogenated alkanes) is 1. The number of ether oxygens (including phenoxy) is 6. The van der Waals surface area contributed by atoms with Gasteiger partial charge in [0.1, 0.15) is 23.3 Å². The minimum atomic E-state index is -0.515. The van der Waals surface area contributed by atoms with Gasteiger partial charge in [-0.25, -0.2) is 9.59 Å². The summed E-state index contributed by atoms with van der Waals surface area (Å²) >= 11 is 3.36. The Morgan fingerprint density at radius 3 is 1.57 bits per heavy atom. The van der Waals surface area contributed by atoms with Crippen molar-refractivity contribution in [2.45, 2.75) is 118 Å². The van der Waals surface area contributed by atoms with Crippen LogP contribution in [0.3, 0.4) is 0 Å². The monoisotopic (exact) mass is 1740 g/mol. The van der Waals surface area contributed by atoms with Crippen LogP contribution in [0.1, 0.15) is 116 Å². The highest BCUT2D eigenvalue weighted by Crippen LogP contribution is 2.24. The molecule has 10 rings (SSSR count). The number of phenolic OH excluding ortho intramolecular Hbond substituents is 1. The number of rotatable bonds is 32. The van der Waals surface area contributed by atoms with Crippen molar-refractivity contribution >= 4 is 103 Å². The van der Waals surface area contributed by atoms with Crippen molar-refractivity contribution < 1.29 is 67.1 Å². The van der Waals surface area contributed by atoms with Crippen LogP contribution in [-0.4, -0.2) is 120 Å². The van der Waals surface area contributed by atoms with Gasteiger partial charge in [-0.05, 0) is 174 Å². The number of amides is 5. The van der Waals surface area contributed by atoms with E-state index in [0.29, 0.717) is 80.3 Å². The smallest absolute Gasteiger partial charge is 0.409 e. The van der Waals surface area contributed by atoms with Gasteiger partial charge in [-0.15, -0.1) is 0 Å². The van der Waals surface area contributed by atoms with E-state index in [4.69, 9.17) is 47.6 Å². The van der Waals surface area contributed by atoms with E-state index in [1.165, 1.54) is 34.5 Å². The minimum Gasteiger partial charge on any atom is -0.508 e. The third-order valence-corrected chi connectivity index (χ3v) is 18.1.